The van der Waals surface area contributed by atoms with Gasteiger partial charge in [0.05, 0.1) is 0 Å². The minimum Gasteiger partial charge on any atom is -0.511 e. The van der Waals surface area contributed by atoms with Gasteiger partial charge in [-0.3, -0.25) is 9.59 Å². The molecule has 1 saturated carbocycles. The summed E-state index contributed by atoms with van der Waals surface area (Å²) >= 11 is 0. The molecule has 0 radical (unpaired) electrons. The molecule has 1 unspecified atom stereocenters. The lowest BCUT2D eigenvalue weighted by atomic mass is 9.88. The molecule has 0 aromatic rings. The number of aliphatic hydroxyl groups excluding tert-OH is 1. The maximum atomic E-state index is 12.4. The molecule has 2 rings (SSSR count). The highest BCUT2D eigenvalue weighted by atomic mass is 16.5. The molecular weight excluding hydrogens is 308 g/mol. The van der Waals surface area contributed by atoms with Gasteiger partial charge in [-0.05, 0) is 19.3 Å². The number of aliphatic hydroxyl groups is 1. The predicted octanol–water partition coefficient (Wildman–Crippen LogP) is 3.80. The predicted molar refractivity (Wildman–Crippen MR) is 89.5 cm³/mol. The molecule has 2 aliphatic rings. The van der Waals surface area contributed by atoms with Crippen LogP contribution in [0.3, 0.4) is 0 Å². The zero-order valence-electron chi connectivity index (χ0n) is 14.3. The second-order valence-electron chi connectivity index (χ2n) is 6.89. The number of carbonyl (C=O) groups is 3. The molecule has 2 fully saturated rings. The standard InChI is InChI=1S/C19H28O5/c20-15-10-8-6-4-2-1-3-5-7-9-14(15)11-12-16(21)18-17(22)13-24-19(18)23/h14,21H,1-13H2. The van der Waals surface area contributed by atoms with E-state index in [1.807, 2.05) is 0 Å². The summed E-state index contributed by atoms with van der Waals surface area (Å²) in [6.45, 7) is -0.291. The van der Waals surface area contributed by atoms with Crippen LogP contribution in [0.5, 0.6) is 0 Å². The molecule has 5 nitrogen and oxygen atoms in total. The van der Waals surface area contributed by atoms with Gasteiger partial charge in [-0.1, -0.05) is 44.9 Å². The first kappa shape index (κ1) is 18.7. The van der Waals surface area contributed by atoms with Crippen molar-refractivity contribution in [3.63, 3.8) is 0 Å². The lowest BCUT2D eigenvalue weighted by Gasteiger charge is -2.17. The second kappa shape index (κ2) is 9.60. The van der Waals surface area contributed by atoms with Gasteiger partial charge in [0.2, 0.25) is 5.78 Å². The molecule has 1 saturated heterocycles. The molecule has 134 valence electrons. The number of allylic oxidation sites excluding steroid dienone is 1. The molecule has 1 N–H and O–H groups in total. The van der Waals surface area contributed by atoms with Gasteiger partial charge in [-0.2, -0.15) is 0 Å². The molecule has 0 amide bonds. The Morgan fingerprint density at radius 1 is 0.958 bits per heavy atom. The highest BCUT2D eigenvalue weighted by molar-refractivity contribution is 6.22. The normalized spacial score (nSPS) is 26.5. The van der Waals surface area contributed by atoms with Crippen molar-refractivity contribution in [1.82, 2.24) is 0 Å². The van der Waals surface area contributed by atoms with E-state index < -0.39 is 11.8 Å². The summed E-state index contributed by atoms with van der Waals surface area (Å²) < 4.78 is 4.63. The van der Waals surface area contributed by atoms with Crippen LogP contribution in [0.1, 0.15) is 77.0 Å². The van der Waals surface area contributed by atoms with E-state index in [-0.39, 0.29) is 36.1 Å². The zero-order valence-corrected chi connectivity index (χ0v) is 14.3. The van der Waals surface area contributed by atoms with Crippen molar-refractivity contribution in [2.24, 2.45) is 5.92 Å². The third-order valence-corrected chi connectivity index (χ3v) is 5.02. The number of hydrogen-bond donors (Lipinski definition) is 1. The second-order valence-corrected chi connectivity index (χ2v) is 6.89. The van der Waals surface area contributed by atoms with Crippen LogP contribution >= 0.6 is 0 Å². The Morgan fingerprint density at radius 3 is 2.21 bits per heavy atom. The molecule has 0 bridgehead atoms. The summed E-state index contributed by atoms with van der Waals surface area (Å²) in [4.78, 5) is 35.5. The van der Waals surface area contributed by atoms with E-state index in [0.717, 1.165) is 32.1 Å². The quantitative estimate of drug-likeness (QED) is 0.367. The fraction of sp³-hybridized carbons (Fsp3) is 0.737. The maximum absolute atomic E-state index is 12.4. The third-order valence-electron chi connectivity index (χ3n) is 5.02. The van der Waals surface area contributed by atoms with E-state index in [1.165, 1.54) is 25.7 Å². The summed E-state index contributed by atoms with van der Waals surface area (Å²) in [7, 11) is 0. The van der Waals surface area contributed by atoms with Crippen molar-refractivity contribution < 1.29 is 24.2 Å². The molecular formula is C19H28O5. The van der Waals surface area contributed by atoms with Gasteiger partial charge in [0.1, 0.15) is 17.1 Å². The van der Waals surface area contributed by atoms with Crippen LogP contribution in [0.25, 0.3) is 0 Å². The summed E-state index contributed by atoms with van der Waals surface area (Å²) in [6, 6.07) is 0. The number of cyclic esters (lactones) is 1. The van der Waals surface area contributed by atoms with Gasteiger partial charge in [0.25, 0.3) is 0 Å². The average molecular weight is 336 g/mol. The zero-order chi connectivity index (χ0) is 17.4. The minimum atomic E-state index is -0.748. The Kier molecular flexibility index (Phi) is 7.47. The molecule has 24 heavy (non-hydrogen) atoms. The number of ketones is 2. The summed E-state index contributed by atoms with van der Waals surface area (Å²) in [5.74, 6) is -1.26. The van der Waals surface area contributed by atoms with Crippen LogP contribution in [0.15, 0.2) is 11.3 Å². The number of ether oxygens (including phenoxy) is 1. The van der Waals surface area contributed by atoms with Gasteiger partial charge in [-0.15, -0.1) is 0 Å². The summed E-state index contributed by atoms with van der Waals surface area (Å²) in [5, 5.41) is 10.1. The number of rotatable bonds is 3. The highest BCUT2D eigenvalue weighted by Gasteiger charge is 2.32. The monoisotopic (exact) mass is 336 g/mol. The lowest BCUT2D eigenvalue weighted by Crippen LogP contribution is -2.16. The van der Waals surface area contributed by atoms with Crippen LogP contribution in [0, 0.1) is 5.92 Å². The van der Waals surface area contributed by atoms with Crippen molar-refractivity contribution in [1.29, 1.82) is 0 Å². The van der Waals surface area contributed by atoms with E-state index in [1.54, 1.807) is 0 Å². The smallest absolute Gasteiger partial charge is 0.345 e. The van der Waals surface area contributed by atoms with Gasteiger partial charge in [0, 0.05) is 18.8 Å². The first-order valence-electron chi connectivity index (χ1n) is 9.24. The molecule has 1 aliphatic carbocycles. The van der Waals surface area contributed by atoms with Gasteiger partial charge >= 0.3 is 5.97 Å². The Hall–Kier alpha value is -1.65. The van der Waals surface area contributed by atoms with Crippen molar-refractivity contribution in [3.8, 4) is 0 Å². The first-order valence-corrected chi connectivity index (χ1v) is 9.24. The van der Waals surface area contributed by atoms with Crippen molar-refractivity contribution in [2.75, 3.05) is 6.61 Å². The number of esters is 1. The van der Waals surface area contributed by atoms with E-state index in [2.05, 4.69) is 4.74 Å². The van der Waals surface area contributed by atoms with Gasteiger partial charge in [0.15, 0.2) is 6.61 Å². The number of hydrogen-bond acceptors (Lipinski definition) is 5. The van der Waals surface area contributed by atoms with Crippen LogP contribution < -0.4 is 0 Å². The molecule has 1 heterocycles. The molecule has 0 aromatic carbocycles. The molecule has 1 atom stereocenters. The van der Waals surface area contributed by atoms with Crippen molar-refractivity contribution >= 4 is 17.5 Å². The number of Topliss-reactive ketones (excluding diaryl/α,β-unsaturated/α-hetero) is 2. The largest absolute Gasteiger partial charge is 0.511 e. The van der Waals surface area contributed by atoms with Crippen LogP contribution in [-0.4, -0.2) is 29.2 Å². The average Bonchev–Trinajstić information content (AvgIpc) is 2.88. The molecule has 1 aliphatic heterocycles. The fourth-order valence-electron chi connectivity index (χ4n) is 3.53. The van der Waals surface area contributed by atoms with E-state index in [0.29, 0.717) is 12.8 Å². The molecule has 0 spiro atoms. The Labute approximate surface area is 143 Å². The Morgan fingerprint density at radius 2 is 1.58 bits per heavy atom. The highest BCUT2D eigenvalue weighted by Crippen LogP contribution is 2.25. The van der Waals surface area contributed by atoms with E-state index >= 15 is 0 Å². The summed E-state index contributed by atoms with van der Waals surface area (Å²) in [6.07, 6.45) is 11.3. The minimum absolute atomic E-state index is 0.0836. The van der Waals surface area contributed by atoms with E-state index in [9.17, 15) is 19.5 Å². The lowest BCUT2D eigenvalue weighted by molar-refractivity contribution is -0.135. The Bertz CT molecular complexity index is 488. The van der Waals surface area contributed by atoms with Crippen LogP contribution in [0.4, 0.5) is 0 Å². The molecule has 0 aromatic heterocycles. The number of carbonyl (C=O) groups excluding carboxylic acids is 3. The van der Waals surface area contributed by atoms with Crippen LogP contribution in [-0.2, 0) is 19.1 Å². The summed E-state index contributed by atoms with van der Waals surface area (Å²) in [5.41, 5.74) is -0.226. The van der Waals surface area contributed by atoms with Crippen molar-refractivity contribution in [3.05, 3.63) is 11.3 Å². The topological polar surface area (TPSA) is 80.7 Å². The molecule has 5 heteroatoms. The van der Waals surface area contributed by atoms with Crippen LogP contribution in [0.2, 0.25) is 0 Å². The third kappa shape index (κ3) is 5.46. The first-order chi connectivity index (χ1) is 11.6. The van der Waals surface area contributed by atoms with Crippen molar-refractivity contribution in [2.45, 2.75) is 77.0 Å². The maximum Gasteiger partial charge on any atom is 0.345 e. The SMILES string of the molecule is O=C1COC(=O)C1=C(O)CCC1CCCCCCCCCCC1=O. The Balaban J connectivity index is 1.93. The van der Waals surface area contributed by atoms with E-state index in [4.69, 9.17) is 0 Å². The van der Waals surface area contributed by atoms with Gasteiger partial charge < -0.3 is 9.84 Å². The van der Waals surface area contributed by atoms with Gasteiger partial charge in [-0.25, -0.2) is 4.79 Å². The fourth-order valence-corrected chi connectivity index (χ4v) is 3.53.